The number of furan rings is 1. The van der Waals surface area contributed by atoms with Crippen LogP contribution < -0.4 is 16.0 Å². The number of amides is 1. The number of hydrogen-bond donors (Lipinski definition) is 2. The lowest BCUT2D eigenvalue weighted by Crippen LogP contribution is -2.46. The summed E-state index contributed by atoms with van der Waals surface area (Å²) in [5.74, 6) is 0.0483. The molecule has 2 aliphatic heterocycles. The van der Waals surface area contributed by atoms with Crippen LogP contribution in [0.5, 0.6) is 0 Å². The van der Waals surface area contributed by atoms with Crippen LogP contribution in [-0.4, -0.2) is 50.1 Å². The minimum absolute atomic E-state index is 0. The summed E-state index contributed by atoms with van der Waals surface area (Å²) in [5, 5.41) is 13.4. The Kier molecular flexibility index (Phi) is 7.30. The van der Waals surface area contributed by atoms with E-state index < -0.39 is 5.91 Å². The van der Waals surface area contributed by atoms with E-state index in [1.807, 2.05) is 36.4 Å². The largest absolute Gasteiger partial charge is 0.463 e. The van der Waals surface area contributed by atoms with Gasteiger partial charge in [-0.1, -0.05) is 6.42 Å². The summed E-state index contributed by atoms with van der Waals surface area (Å²) in [6.07, 6.45) is 4.99. The first-order valence-corrected chi connectivity index (χ1v) is 11.7. The van der Waals surface area contributed by atoms with Gasteiger partial charge in [0.15, 0.2) is 0 Å². The van der Waals surface area contributed by atoms with Crippen molar-refractivity contribution in [3.63, 3.8) is 0 Å². The van der Waals surface area contributed by atoms with Crippen LogP contribution in [0.15, 0.2) is 47.1 Å². The molecule has 2 aromatic carbocycles. The molecule has 1 unspecified atom stereocenters. The molecule has 0 saturated carbocycles. The Morgan fingerprint density at radius 1 is 1.15 bits per heavy atom. The number of anilines is 2. The summed E-state index contributed by atoms with van der Waals surface area (Å²) in [6, 6.07) is 14.2. The number of piperazine rings is 1. The van der Waals surface area contributed by atoms with E-state index in [-0.39, 0.29) is 12.4 Å². The first-order valence-electron chi connectivity index (χ1n) is 11.7. The number of benzene rings is 2. The van der Waals surface area contributed by atoms with Crippen LogP contribution in [0.25, 0.3) is 11.0 Å². The SMILES string of the molecule is Cl.N#Cc1ccc2c(c1)C(CCCCN1CCN(c3ccc4c(C(N)=O)coc4c3)CC1)CN2. The molecule has 0 bridgehead atoms. The zero-order valence-corrected chi connectivity index (χ0v) is 19.9. The maximum absolute atomic E-state index is 11.5. The van der Waals surface area contributed by atoms with Crippen molar-refractivity contribution in [1.82, 2.24) is 4.90 Å². The topological polar surface area (TPSA) is 98.5 Å². The van der Waals surface area contributed by atoms with E-state index in [2.05, 4.69) is 21.2 Å². The third kappa shape index (κ3) is 4.84. The predicted octanol–water partition coefficient (Wildman–Crippen LogP) is 4.33. The van der Waals surface area contributed by atoms with Gasteiger partial charge in [0.2, 0.25) is 0 Å². The highest BCUT2D eigenvalue weighted by molar-refractivity contribution is 6.05. The lowest BCUT2D eigenvalue weighted by atomic mass is 9.94. The Bertz CT molecular complexity index is 1210. The molecule has 1 amide bonds. The molecule has 1 atom stereocenters. The number of nitriles is 1. The minimum Gasteiger partial charge on any atom is -0.463 e. The van der Waals surface area contributed by atoms with E-state index in [0.717, 1.165) is 62.3 Å². The van der Waals surface area contributed by atoms with Gasteiger partial charge in [-0.25, -0.2) is 0 Å². The number of unbranched alkanes of at least 4 members (excludes halogenated alkanes) is 1. The first-order chi connectivity index (χ1) is 16.1. The smallest absolute Gasteiger partial charge is 0.252 e. The van der Waals surface area contributed by atoms with Gasteiger partial charge >= 0.3 is 0 Å². The van der Waals surface area contributed by atoms with Gasteiger partial charge in [0.25, 0.3) is 5.91 Å². The molecule has 7 nitrogen and oxygen atoms in total. The van der Waals surface area contributed by atoms with Crippen LogP contribution in [0, 0.1) is 11.3 Å². The van der Waals surface area contributed by atoms with Crippen molar-refractivity contribution in [2.75, 3.05) is 49.5 Å². The number of primary amides is 1. The lowest BCUT2D eigenvalue weighted by Gasteiger charge is -2.36. The molecule has 3 aromatic rings. The predicted molar refractivity (Wildman–Crippen MR) is 137 cm³/mol. The maximum atomic E-state index is 11.5. The number of fused-ring (bicyclic) bond motifs is 2. The van der Waals surface area contributed by atoms with Crippen LogP contribution in [0.1, 0.15) is 46.7 Å². The van der Waals surface area contributed by atoms with Crippen molar-refractivity contribution in [2.24, 2.45) is 5.73 Å². The Morgan fingerprint density at radius 3 is 2.74 bits per heavy atom. The zero-order valence-electron chi connectivity index (χ0n) is 19.1. The maximum Gasteiger partial charge on any atom is 0.252 e. The van der Waals surface area contributed by atoms with Gasteiger partial charge in [0.05, 0.1) is 17.2 Å². The van der Waals surface area contributed by atoms with Gasteiger partial charge in [-0.3, -0.25) is 9.69 Å². The first kappa shape index (κ1) is 23.9. The lowest BCUT2D eigenvalue weighted by molar-refractivity contribution is 0.100. The third-order valence-electron chi connectivity index (χ3n) is 7.00. The highest BCUT2D eigenvalue weighted by atomic mass is 35.5. The number of rotatable bonds is 7. The summed E-state index contributed by atoms with van der Waals surface area (Å²) in [4.78, 5) is 16.4. The van der Waals surface area contributed by atoms with Crippen LogP contribution in [0.4, 0.5) is 11.4 Å². The van der Waals surface area contributed by atoms with Gasteiger partial charge in [-0.15, -0.1) is 12.4 Å². The molecule has 1 fully saturated rings. The van der Waals surface area contributed by atoms with Crippen molar-refractivity contribution >= 4 is 40.7 Å². The Balaban J connectivity index is 0.00000274. The Hall–Kier alpha value is -3.21. The molecule has 34 heavy (non-hydrogen) atoms. The van der Waals surface area contributed by atoms with E-state index >= 15 is 0 Å². The van der Waals surface area contributed by atoms with Crippen LogP contribution in [0.2, 0.25) is 0 Å². The zero-order chi connectivity index (χ0) is 22.8. The number of carbonyl (C=O) groups excluding carboxylic acids is 1. The molecule has 178 valence electrons. The number of nitrogens with two attached hydrogens (primary N) is 1. The van der Waals surface area contributed by atoms with Gasteiger partial charge in [-0.2, -0.15) is 5.26 Å². The molecule has 1 saturated heterocycles. The van der Waals surface area contributed by atoms with Gasteiger partial charge in [0, 0.05) is 61.5 Å². The number of hydrogen-bond acceptors (Lipinski definition) is 6. The molecule has 2 aliphatic rings. The second kappa shape index (κ2) is 10.4. The Labute approximate surface area is 205 Å². The van der Waals surface area contributed by atoms with Crippen LogP contribution in [-0.2, 0) is 0 Å². The van der Waals surface area contributed by atoms with E-state index in [0.29, 0.717) is 17.1 Å². The van der Waals surface area contributed by atoms with Crippen molar-refractivity contribution in [1.29, 1.82) is 5.26 Å². The van der Waals surface area contributed by atoms with Crippen molar-refractivity contribution in [2.45, 2.75) is 25.2 Å². The second-order valence-corrected chi connectivity index (χ2v) is 9.01. The molecule has 1 aromatic heterocycles. The van der Waals surface area contributed by atoms with Gasteiger partial charge in [-0.05, 0) is 55.3 Å². The summed E-state index contributed by atoms with van der Waals surface area (Å²) in [7, 11) is 0. The highest BCUT2D eigenvalue weighted by Gasteiger charge is 2.23. The summed E-state index contributed by atoms with van der Waals surface area (Å²) < 4.78 is 5.55. The van der Waals surface area contributed by atoms with E-state index in [9.17, 15) is 10.1 Å². The molecule has 8 heteroatoms. The molecule has 0 aliphatic carbocycles. The normalized spacial score (nSPS) is 17.6. The molecule has 3 N–H and O–H groups in total. The summed E-state index contributed by atoms with van der Waals surface area (Å²) in [6.45, 7) is 6.14. The standard InChI is InChI=1S/C26H29N5O2.ClH/c27-15-18-4-7-24-22(13-18)19(16-29-24)3-1-2-8-30-9-11-31(12-10-30)20-5-6-21-23(26(28)32)17-33-25(21)14-20;/h4-7,13-14,17,19,29H,1-3,8-12,16H2,(H2,28,32);1H. The number of carbonyl (C=O) groups is 1. The van der Waals surface area contributed by atoms with Crippen LogP contribution in [0.3, 0.4) is 0 Å². The fraction of sp³-hybridized carbons (Fsp3) is 0.385. The van der Waals surface area contributed by atoms with E-state index in [4.69, 9.17) is 10.2 Å². The van der Waals surface area contributed by atoms with Gasteiger partial charge < -0.3 is 20.4 Å². The fourth-order valence-corrected chi connectivity index (χ4v) is 5.09. The number of nitrogens with zero attached hydrogens (tertiary/aromatic N) is 3. The summed E-state index contributed by atoms with van der Waals surface area (Å²) in [5.41, 5.74) is 10.9. The van der Waals surface area contributed by atoms with Crippen molar-refractivity contribution in [3.8, 4) is 6.07 Å². The Morgan fingerprint density at radius 2 is 1.97 bits per heavy atom. The average Bonchev–Trinajstić information content (AvgIpc) is 3.45. The monoisotopic (exact) mass is 479 g/mol. The average molecular weight is 480 g/mol. The van der Waals surface area contributed by atoms with Crippen molar-refractivity contribution in [3.05, 3.63) is 59.4 Å². The van der Waals surface area contributed by atoms with Crippen molar-refractivity contribution < 1.29 is 9.21 Å². The highest BCUT2D eigenvalue weighted by Crippen LogP contribution is 2.35. The molecule has 3 heterocycles. The van der Waals surface area contributed by atoms with E-state index in [1.54, 1.807) is 0 Å². The molecule has 0 spiro atoms. The number of nitrogens with one attached hydrogen (secondary N) is 1. The summed E-state index contributed by atoms with van der Waals surface area (Å²) >= 11 is 0. The molecule has 0 radical (unpaired) electrons. The van der Waals surface area contributed by atoms with Crippen LogP contribution >= 0.6 is 12.4 Å². The fourth-order valence-electron chi connectivity index (χ4n) is 5.09. The van der Waals surface area contributed by atoms with Gasteiger partial charge in [0.1, 0.15) is 11.8 Å². The molecular formula is C26H30ClN5O2. The second-order valence-electron chi connectivity index (χ2n) is 9.01. The third-order valence-corrected chi connectivity index (χ3v) is 7.00. The minimum atomic E-state index is -0.463. The molecular weight excluding hydrogens is 450 g/mol. The van der Waals surface area contributed by atoms with E-state index in [1.165, 1.54) is 30.4 Å². The number of halogens is 1. The quantitative estimate of drug-likeness (QED) is 0.489. The molecule has 5 rings (SSSR count).